The number of carbonyl (C=O) groups is 3. The maximum Gasteiger partial charge on any atom is 0.304 e. The Labute approximate surface area is 154 Å². The lowest BCUT2D eigenvalue weighted by molar-refractivity contribution is -0.145. The highest BCUT2D eigenvalue weighted by Gasteiger charge is 2.43. The van der Waals surface area contributed by atoms with Gasteiger partial charge in [0.2, 0.25) is 11.8 Å². The number of carboxylic acids is 1. The number of benzene rings is 1. The van der Waals surface area contributed by atoms with Gasteiger partial charge in [-0.05, 0) is 50.3 Å². The molecule has 26 heavy (non-hydrogen) atoms. The van der Waals surface area contributed by atoms with Crippen molar-refractivity contribution in [2.75, 3.05) is 10.6 Å². The molecule has 1 atom stereocenters. The Balaban J connectivity index is 2.23. The monoisotopic (exact) mass is 360 g/mol. The van der Waals surface area contributed by atoms with Crippen molar-refractivity contribution >= 4 is 29.2 Å². The van der Waals surface area contributed by atoms with Crippen molar-refractivity contribution in [2.45, 2.75) is 59.3 Å². The fourth-order valence-electron chi connectivity index (χ4n) is 3.76. The molecule has 2 amide bonds. The molecule has 0 saturated heterocycles. The summed E-state index contributed by atoms with van der Waals surface area (Å²) < 4.78 is 0. The number of aliphatic carboxylic acids is 1. The molecule has 0 aromatic heterocycles. The SMILES string of the molecule is CC(=O)Nc1cc(NC(=O)C(C)(CC(=O)O)C2CCCCC2)ccc1C. The van der Waals surface area contributed by atoms with E-state index >= 15 is 0 Å². The van der Waals surface area contributed by atoms with E-state index in [4.69, 9.17) is 0 Å². The van der Waals surface area contributed by atoms with Gasteiger partial charge >= 0.3 is 5.97 Å². The van der Waals surface area contributed by atoms with Gasteiger partial charge in [-0.25, -0.2) is 0 Å². The maximum absolute atomic E-state index is 13.0. The summed E-state index contributed by atoms with van der Waals surface area (Å²) in [6.07, 6.45) is 4.77. The van der Waals surface area contributed by atoms with Gasteiger partial charge in [-0.3, -0.25) is 14.4 Å². The summed E-state index contributed by atoms with van der Waals surface area (Å²) in [6, 6.07) is 5.29. The van der Waals surface area contributed by atoms with Crippen LogP contribution in [0.4, 0.5) is 11.4 Å². The van der Waals surface area contributed by atoms with E-state index in [0.717, 1.165) is 37.7 Å². The molecule has 1 aromatic carbocycles. The Morgan fingerprint density at radius 2 is 1.81 bits per heavy atom. The molecule has 0 bridgehead atoms. The van der Waals surface area contributed by atoms with Gasteiger partial charge in [0, 0.05) is 18.3 Å². The van der Waals surface area contributed by atoms with Crippen molar-refractivity contribution < 1.29 is 19.5 Å². The number of amides is 2. The van der Waals surface area contributed by atoms with E-state index in [1.165, 1.54) is 6.92 Å². The second-order valence-electron chi connectivity index (χ2n) is 7.49. The number of carbonyl (C=O) groups excluding carboxylic acids is 2. The third-order valence-electron chi connectivity index (χ3n) is 5.35. The molecule has 0 radical (unpaired) electrons. The zero-order valence-electron chi connectivity index (χ0n) is 15.7. The molecular formula is C20H28N2O4. The van der Waals surface area contributed by atoms with Crippen molar-refractivity contribution in [3.05, 3.63) is 23.8 Å². The third kappa shape index (κ3) is 4.84. The van der Waals surface area contributed by atoms with E-state index in [1.807, 2.05) is 13.0 Å². The van der Waals surface area contributed by atoms with E-state index in [1.54, 1.807) is 19.1 Å². The quantitative estimate of drug-likeness (QED) is 0.716. The van der Waals surface area contributed by atoms with Crippen LogP contribution >= 0.6 is 0 Å². The standard InChI is InChI=1S/C20H28N2O4/c1-13-9-10-16(11-17(13)21-14(2)23)22-19(26)20(3,12-18(24)25)15-7-5-4-6-8-15/h9-11,15H,4-8,12H2,1-3H3,(H,21,23)(H,22,26)(H,24,25). The van der Waals surface area contributed by atoms with Crippen LogP contribution < -0.4 is 10.6 Å². The van der Waals surface area contributed by atoms with Gasteiger partial charge in [-0.2, -0.15) is 0 Å². The maximum atomic E-state index is 13.0. The summed E-state index contributed by atoms with van der Waals surface area (Å²) in [5.74, 6) is -1.36. The number of hydrogen-bond acceptors (Lipinski definition) is 3. The molecule has 1 unspecified atom stereocenters. The minimum absolute atomic E-state index is 0.0626. The molecule has 0 heterocycles. The fourth-order valence-corrected chi connectivity index (χ4v) is 3.76. The zero-order valence-corrected chi connectivity index (χ0v) is 15.7. The first-order valence-corrected chi connectivity index (χ1v) is 9.14. The number of hydrogen-bond donors (Lipinski definition) is 3. The summed E-state index contributed by atoms with van der Waals surface area (Å²) in [7, 11) is 0. The van der Waals surface area contributed by atoms with Gasteiger partial charge < -0.3 is 15.7 Å². The highest BCUT2D eigenvalue weighted by Crippen LogP contribution is 2.42. The molecular weight excluding hydrogens is 332 g/mol. The van der Waals surface area contributed by atoms with Crippen molar-refractivity contribution in [3.8, 4) is 0 Å². The van der Waals surface area contributed by atoms with Gasteiger partial charge in [0.1, 0.15) is 0 Å². The number of nitrogens with one attached hydrogen (secondary N) is 2. The first-order valence-electron chi connectivity index (χ1n) is 9.14. The summed E-state index contributed by atoms with van der Waals surface area (Å²) in [5.41, 5.74) is 1.12. The van der Waals surface area contributed by atoms with E-state index in [0.29, 0.717) is 11.4 Å². The number of anilines is 2. The van der Waals surface area contributed by atoms with Crippen molar-refractivity contribution in [1.82, 2.24) is 0 Å². The first kappa shape index (κ1) is 19.9. The first-order chi connectivity index (χ1) is 12.2. The van der Waals surface area contributed by atoms with E-state index < -0.39 is 11.4 Å². The highest BCUT2D eigenvalue weighted by molar-refractivity contribution is 5.98. The van der Waals surface area contributed by atoms with E-state index in [2.05, 4.69) is 10.6 Å². The van der Waals surface area contributed by atoms with Crippen molar-refractivity contribution in [3.63, 3.8) is 0 Å². The van der Waals surface area contributed by atoms with Gasteiger partial charge in [0.05, 0.1) is 11.8 Å². The predicted molar refractivity (Wildman–Crippen MR) is 101 cm³/mol. The minimum Gasteiger partial charge on any atom is -0.481 e. The average Bonchev–Trinajstić information content (AvgIpc) is 2.57. The van der Waals surface area contributed by atoms with Crippen LogP contribution in [0.2, 0.25) is 0 Å². The molecule has 1 fully saturated rings. The smallest absolute Gasteiger partial charge is 0.304 e. The van der Waals surface area contributed by atoms with Crippen LogP contribution in [-0.2, 0) is 14.4 Å². The lowest BCUT2D eigenvalue weighted by Crippen LogP contribution is -2.42. The normalized spacial score (nSPS) is 17.2. The van der Waals surface area contributed by atoms with Crippen LogP contribution in [0.5, 0.6) is 0 Å². The summed E-state index contributed by atoms with van der Waals surface area (Å²) in [5, 5.41) is 15.0. The van der Waals surface area contributed by atoms with Crippen LogP contribution in [0.15, 0.2) is 18.2 Å². The van der Waals surface area contributed by atoms with Gasteiger partial charge in [-0.15, -0.1) is 0 Å². The molecule has 0 spiro atoms. The number of aryl methyl sites for hydroxylation is 1. The molecule has 1 aliphatic carbocycles. The number of carboxylic acid groups (broad SMARTS) is 1. The summed E-state index contributed by atoms with van der Waals surface area (Å²) in [4.78, 5) is 35.8. The van der Waals surface area contributed by atoms with E-state index in [9.17, 15) is 19.5 Å². The molecule has 1 aliphatic rings. The molecule has 2 rings (SSSR count). The Bertz CT molecular complexity index is 695. The van der Waals surface area contributed by atoms with Crippen LogP contribution in [0.3, 0.4) is 0 Å². The lowest BCUT2D eigenvalue weighted by Gasteiger charge is -2.37. The summed E-state index contributed by atoms with van der Waals surface area (Å²) >= 11 is 0. The fraction of sp³-hybridized carbons (Fsp3) is 0.550. The molecule has 1 saturated carbocycles. The lowest BCUT2D eigenvalue weighted by atomic mass is 9.67. The van der Waals surface area contributed by atoms with Gasteiger partial charge in [0.15, 0.2) is 0 Å². The third-order valence-corrected chi connectivity index (χ3v) is 5.35. The van der Waals surface area contributed by atoms with Crippen LogP contribution in [-0.4, -0.2) is 22.9 Å². The van der Waals surface area contributed by atoms with E-state index in [-0.39, 0.29) is 24.2 Å². The Kier molecular flexibility index (Phi) is 6.40. The highest BCUT2D eigenvalue weighted by atomic mass is 16.4. The molecule has 6 nitrogen and oxygen atoms in total. The minimum atomic E-state index is -0.962. The molecule has 6 heteroatoms. The van der Waals surface area contributed by atoms with Crippen LogP contribution in [0.1, 0.15) is 57.9 Å². The van der Waals surface area contributed by atoms with Crippen molar-refractivity contribution in [1.29, 1.82) is 0 Å². The second-order valence-corrected chi connectivity index (χ2v) is 7.49. The van der Waals surface area contributed by atoms with Gasteiger partial charge in [-0.1, -0.05) is 25.3 Å². The average molecular weight is 360 g/mol. The van der Waals surface area contributed by atoms with Crippen molar-refractivity contribution in [2.24, 2.45) is 11.3 Å². The zero-order chi connectivity index (χ0) is 19.3. The number of rotatable bonds is 6. The molecule has 3 N–H and O–H groups in total. The molecule has 0 aliphatic heterocycles. The van der Waals surface area contributed by atoms with Crippen LogP contribution in [0.25, 0.3) is 0 Å². The Morgan fingerprint density at radius 1 is 1.15 bits per heavy atom. The second kappa shape index (κ2) is 8.34. The molecule has 1 aromatic rings. The van der Waals surface area contributed by atoms with Crippen LogP contribution in [0, 0.1) is 18.3 Å². The predicted octanol–water partition coefficient (Wildman–Crippen LogP) is 3.95. The topological polar surface area (TPSA) is 95.5 Å². The molecule has 142 valence electrons. The largest absolute Gasteiger partial charge is 0.481 e. The Morgan fingerprint density at radius 3 is 2.38 bits per heavy atom. The Hall–Kier alpha value is -2.37. The van der Waals surface area contributed by atoms with Gasteiger partial charge in [0.25, 0.3) is 0 Å². The summed E-state index contributed by atoms with van der Waals surface area (Å²) in [6.45, 7) is 5.06.